The SMILES string of the molecule is CCc1ccccc1COc1ccc(S(=O)(=O)N2CC(CC(C)(C)O)OC(C)(C)C2C(=O)NO)cc1. The van der Waals surface area contributed by atoms with Crippen LogP contribution >= 0.6 is 0 Å². The maximum absolute atomic E-state index is 13.7. The predicted molar refractivity (Wildman–Crippen MR) is 134 cm³/mol. The molecule has 1 amide bonds. The maximum Gasteiger partial charge on any atom is 0.264 e. The minimum absolute atomic E-state index is 0.0285. The van der Waals surface area contributed by atoms with Crippen LogP contribution in [0.1, 0.15) is 52.2 Å². The highest BCUT2D eigenvalue weighted by molar-refractivity contribution is 7.89. The summed E-state index contributed by atoms with van der Waals surface area (Å²) in [5.74, 6) is -0.397. The monoisotopic (exact) mass is 520 g/mol. The topological polar surface area (TPSA) is 125 Å². The van der Waals surface area contributed by atoms with E-state index in [4.69, 9.17) is 9.47 Å². The lowest BCUT2D eigenvalue weighted by atomic mass is 9.92. The van der Waals surface area contributed by atoms with Gasteiger partial charge in [-0.2, -0.15) is 4.31 Å². The molecule has 2 aromatic carbocycles. The molecule has 1 heterocycles. The highest BCUT2D eigenvalue weighted by Gasteiger charge is 2.52. The molecule has 1 aliphatic rings. The van der Waals surface area contributed by atoms with Crippen molar-refractivity contribution in [1.29, 1.82) is 0 Å². The first-order valence-electron chi connectivity index (χ1n) is 11.9. The van der Waals surface area contributed by atoms with Crippen LogP contribution in [0.5, 0.6) is 5.75 Å². The first-order valence-corrected chi connectivity index (χ1v) is 13.4. The minimum Gasteiger partial charge on any atom is -0.489 e. The molecule has 0 aliphatic carbocycles. The molecule has 0 spiro atoms. The number of ether oxygens (including phenoxy) is 2. The van der Waals surface area contributed by atoms with E-state index in [9.17, 15) is 23.5 Å². The third-order valence-electron chi connectivity index (χ3n) is 6.21. The largest absolute Gasteiger partial charge is 0.489 e. The molecule has 0 radical (unpaired) electrons. The number of aliphatic hydroxyl groups is 1. The molecule has 1 saturated heterocycles. The lowest BCUT2D eigenvalue weighted by Crippen LogP contribution is -2.66. The van der Waals surface area contributed by atoms with Gasteiger partial charge in [-0.3, -0.25) is 10.0 Å². The molecular weight excluding hydrogens is 484 g/mol. The van der Waals surface area contributed by atoms with Gasteiger partial charge < -0.3 is 14.6 Å². The number of benzene rings is 2. The summed E-state index contributed by atoms with van der Waals surface area (Å²) in [5, 5.41) is 19.6. The van der Waals surface area contributed by atoms with Crippen LogP contribution in [0.3, 0.4) is 0 Å². The average molecular weight is 521 g/mol. The smallest absolute Gasteiger partial charge is 0.264 e. The Labute approximate surface area is 213 Å². The van der Waals surface area contributed by atoms with Gasteiger partial charge in [-0.15, -0.1) is 0 Å². The predicted octanol–water partition coefficient (Wildman–Crippen LogP) is 3.03. The van der Waals surface area contributed by atoms with Crippen molar-refractivity contribution in [3.8, 4) is 5.75 Å². The number of nitrogens with zero attached hydrogens (tertiary/aromatic N) is 1. The van der Waals surface area contributed by atoms with Gasteiger partial charge in [0.1, 0.15) is 18.4 Å². The van der Waals surface area contributed by atoms with Gasteiger partial charge in [0.15, 0.2) is 0 Å². The van der Waals surface area contributed by atoms with Crippen molar-refractivity contribution in [2.24, 2.45) is 0 Å². The molecule has 0 saturated carbocycles. The lowest BCUT2D eigenvalue weighted by molar-refractivity contribution is -0.178. The van der Waals surface area contributed by atoms with E-state index in [1.54, 1.807) is 45.3 Å². The van der Waals surface area contributed by atoms with E-state index in [2.05, 4.69) is 6.92 Å². The number of hydrogen-bond acceptors (Lipinski definition) is 7. The van der Waals surface area contributed by atoms with Crippen LogP contribution < -0.4 is 10.2 Å². The zero-order valence-corrected chi connectivity index (χ0v) is 22.2. The Morgan fingerprint density at radius 2 is 1.78 bits per heavy atom. The quantitative estimate of drug-likeness (QED) is 0.343. The molecule has 9 nitrogen and oxygen atoms in total. The number of amides is 1. The third-order valence-corrected chi connectivity index (χ3v) is 8.06. The summed E-state index contributed by atoms with van der Waals surface area (Å²) in [4.78, 5) is 12.5. The molecule has 10 heteroatoms. The fourth-order valence-electron chi connectivity index (χ4n) is 4.64. The van der Waals surface area contributed by atoms with Crippen LogP contribution in [-0.2, 0) is 32.6 Å². The van der Waals surface area contributed by atoms with E-state index in [-0.39, 0.29) is 17.9 Å². The molecule has 198 valence electrons. The number of nitrogens with one attached hydrogen (secondary N) is 1. The van der Waals surface area contributed by atoms with Gasteiger partial charge in [-0.25, -0.2) is 13.9 Å². The fourth-order valence-corrected chi connectivity index (χ4v) is 6.38. The second kappa shape index (κ2) is 10.9. The standard InChI is InChI=1S/C26H36N2O7S/c1-6-18-9-7-8-10-19(18)17-34-20-11-13-22(14-12-20)36(32,33)28-16-21(15-25(2,3)30)35-26(4,5)23(28)24(29)27-31/h7-14,21,23,30-31H,6,15-17H2,1-5H3,(H,27,29). The average Bonchev–Trinajstić information content (AvgIpc) is 2.80. The highest BCUT2D eigenvalue weighted by atomic mass is 32.2. The number of carbonyl (C=O) groups excluding carboxylic acids is 1. The molecular formula is C26H36N2O7S. The van der Waals surface area contributed by atoms with Gasteiger partial charge in [0, 0.05) is 13.0 Å². The highest BCUT2D eigenvalue weighted by Crippen LogP contribution is 2.35. The van der Waals surface area contributed by atoms with E-state index < -0.39 is 39.3 Å². The van der Waals surface area contributed by atoms with Gasteiger partial charge in [0.2, 0.25) is 10.0 Å². The molecule has 0 bridgehead atoms. The van der Waals surface area contributed by atoms with Gasteiger partial charge in [-0.05, 0) is 69.5 Å². The van der Waals surface area contributed by atoms with Gasteiger partial charge >= 0.3 is 0 Å². The Balaban J connectivity index is 1.86. The number of aryl methyl sites for hydroxylation is 1. The third kappa shape index (κ3) is 6.43. The summed E-state index contributed by atoms with van der Waals surface area (Å²) >= 11 is 0. The fraction of sp³-hybridized carbons (Fsp3) is 0.500. The molecule has 36 heavy (non-hydrogen) atoms. The Kier molecular flexibility index (Phi) is 8.47. The summed E-state index contributed by atoms with van der Waals surface area (Å²) in [6, 6.07) is 12.6. The van der Waals surface area contributed by atoms with Crippen molar-refractivity contribution < 1.29 is 33.0 Å². The van der Waals surface area contributed by atoms with Crippen molar-refractivity contribution in [3.05, 3.63) is 59.7 Å². The molecule has 1 fully saturated rings. The van der Waals surface area contributed by atoms with Crippen LogP contribution in [-0.4, -0.2) is 58.8 Å². The van der Waals surface area contributed by atoms with Crippen LogP contribution in [0.25, 0.3) is 0 Å². The maximum atomic E-state index is 13.7. The normalized spacial score (nSPS) is 20.6. The van der Waals surface area contributed by atoms with Crippen molar-refractivity contribution >= 4 is 15.9 Å². The Hall–Kier alpha value is -2.50. The molecule has 3 rings (SSSR count). The molecule has 2 unspecified atom stereocenters. The van der Waals surface area contributed by atoms with Crippen molar-refractivity contribution in [3.63, 3.8) is 0 Å². The van der Waals surface area contributed by atoms with E-state index in [0.29, 0.717) is 12.4 Å². The lowest BCUT2D eigenvalue weighted by Gasteiger charge is -2.48. The van der Waals surface area contributed by atoms with Crippen LogP contribution in [0.15, 0.2) is 53.4 Å². The number of rotatable bonds is 9. The second-order valence-electron chi connectivity index (χ2n) is 10.2. The summed E-state index contributed by atoms with van der Waals surface area (Å²) in [6.07, 6.45) is 0.365. The van der Waals surface area contributed by atoms with E-state index in [0.717, 1.165) is 16.3 Å². The Morgan fingerprint density at radius 1 is 1.17 bits per heavy atom. The molecule has 2 atom stereocenters. The number of morpholine rings is 1. The first kappa shape index (κ1) is 28.1. The van der Waals surface area contributed by atoms with Crippen LogP contribution in [0, 0.1) is 0 Å². The summed E-state index contributed by atoms with van der Waals surface area (Å²) in [7, 11) is -4.18. The number of hydrogen-bond donors (Lipinski definition) is 3. The summed E-state index contributed by atoms with van der Waals surface area (Å²) in [6.45, 7) is 8.62. The molecule has 1 aliphatic heterocycles. The van der Waals surface area contributed by atoms with Crippen molar-refractivity contribution in [2.75, 3.05) is 6.54 Å². The summed E-state index contributed by atoms with van der Waals surface area (Å²) in [5.41, 5.74) is 1.41. The van der Waals surface area contributed by atoms with Gasteiger partial charge in [-0.1, -0.05) is 31.2 Å². The molecule has 3 N–H and O–H groups in total. The number of sulfonamides is 1. The van der Waals surface area contributed by atoms with Gasteiger partial charge in [0.25, 0.3) is 5.91 Å². The van der Waals surface area contributed by atoms with E-state index in [1.807, 2.05) is 24.3 Å². The molecule has 2 aromatic rings. The van der Waals surface area contributed by atoms with Crippen LogP contribution in [0.4, 0.5) is 0 Å². The zero-order chi connectivity index (χ0) is 26.7. The number of hydroxylamine groups is 1. The minimum atomic E-state index is -4.18. The van der Waals surface area contributed by atoms with Gasteiger partial charge in [0.05, 0.1) is 22.2 Å². The number of carbonyl (C=O) groups is 1. The summed E-state index contributed by atoms with van der Waals surface area (Å²) < 4.78 is 40.3. The van der Waals surface area contributed by atoms with Crippen molar-refractivity contribution in [1.82, 2.24) is 9.79 Å². The van der Waals surface area contributed by atoms with Crippen molar-refractivity contribution in [2.45, 2.75) is 82.3 Å². The second-order valence-corrected chi connectivity index (χ2v) is 12.1. The van der Waals surface area contributed by atoms with E-state index in [1.165, 1.54) is 17.7 Å². The Bertz CT molecular complexity index is 1160. The van der Waals surface area contributed by atoms with Crippen LogP contribution in [0.2, 0.25) is 0 Å². The van der Waals surface area contributed by atoms with E-state index >= 15 is 0 Å². The molecule has 0 aromatic heterocycles. The zero-order valence-electron chi connectivity index (χ0n) is 21.4. The Morgan fingerprint density at radius 3 is 2.33 bits per heavy atom. The first-order chi connectivity index (χ1) is 16.8.